The van der Waals surface area contributed by atoms with Gasteiger partial charge in [-0.15, -0.1) is 0 Å². The van der Waals surface area contributed by atoms with E-state index < -0.39 is 0 Å². The lowest BCUT2D eigenvalue weighted by Crippen LogP contribution is -2.47. The first-order chi connectivity index (χ1) is 11.2. The van der Waals surface area contributed by atoms with Crippen molar-refractivity contribution in [1.82, 2.24) is 19.6 Å². The van der Waals surface area contributed by atoms with Gasteiger partial charge in [0.1, 0.15) is 5.65 Å². The Kier molecular flexibility index (Phi) is 4.81. The van der Waals surface area contributed by atoms with Gasteiger partial charge in [0, 0.05) is 25.3 Å². The fourth-order valence-electron chi connectivity index (χ4n) is 3.14. The maximum absolute atomic E-state index is 11.6. The summed E-state index contributed by atoms with van der Waals surface area (Å²) in [6.07, 6.45) is 5.83. The lowest BCUT2D eigenvalue weighted by atomic mass is 10.1. The molecule has 6 heteroatoms. The summed E-state index contributed by atoms with van der Waals surface area (Å²) >= 11 is 0. The Morgan fingerprint density at radius 1 is 1.48 bits per heavy atom. The zero-order valence-corrected chi connectivity index (χ0v) is 13.8. The molecule has 2 aromatic rings. The van der Waals surface area contributed by atoms with E-state index in [9.17, 15) is 4.79 Å². The van der Waals surface area contributed by atoms with E-state index in [0.717, 1.165) is 38.1 Å². The van der Waals surface area contributed by atoms with Crippen LogP contribution in [-0.2, 0) is 11.3 Å². The third kappa shape index (κ3) is 3.82. The largest absolute Gasteiger partial charge is 0.450 e. The Morgan fingerprint density at radius 2 is 2.35 bits per heavy atom. The molecule has 3 heterocycles. The number of ether oxygens (including phenoxy) is 1. The number of imidazole rings is 1. The van der Waals surface area contributed by atoms with Crippen LogP contribution in [-0.4, -0.2) is 46.1 Å². The number of likely N-dealkylation sites (tertiary alicyclic amines) is 1. The van der Waals surface area contributed by atoms with Crippen molar-refractivity contribution >= 4 is 11.7 Å². The van der Waals surface area contributed by atoms with Gasteiger partial charge < -0.3 is 14.5 Å². The standard InChI is InChI=1S/C17H24N4O2/c1-3-23-17(22)19-14-5-4-8-20(11-14)12-15-9-18-16-7-6-13(2)10-21(15)16/h6-7,9-10,14H,3-5,8,11-12H2,1-2H3,(H,19,22)/t14-/m0/s1. The first kappa shape index (κ1) is 15.8. The van der Waals surface area contributed by atoms with E-state index in [4.69, 9.17) is 4.74 Å². The summed E-state index contributed by atoms with van der Waals surface area (Å²) in [7, 11) is 0. The van der Waals surface area contributed by atoms with Gasteiger partial charge in [-0.2, -0.15) is 0 Å². The summed E-state index contributed by atoms with van der Waals surface area (Å²) in [5.41, 5.74) is 3.38. The molecule has 3 rings (SSSR count). The second-order valence-corrected chi connectivity index (χ2v) is 6.12. The molecule has 124 valence electrons. The Balaban J connectivity index is 1.64. The molecule has 0 aromatic carbocycles. The maximum atomic E-state index is 11.6. The summed E-state index contributed by atoms with van der Waals surface area (Å²) in [6, 6.07) is 4.27. The minimum atomic E-state index is -0.315. The smallest absolute Gasteiger partial charge is 0.407 e. The fourth-order valence-corrected chi connectivity index (χ4v) is 3.14. The summed E-state index contributed by atoms with van der Waals surface area (Å²) in [4.78, 5) is 18.4. The van der Waals surface area contributed by atoms with Crippen molar-refractivity contribution in [3.05, 3.63) is 35.8 Å². The van der Waals surface area contributed by atoms with Gasteiger partial charge in [0.15, 0.2) is 0 Å². The van der Waals surface area contributed by atoms with Crippen LogP contribution in [0.25, 0.3) is 5.65 Å². The number of amides is 1. The molecular weight excluding hydrogens is 292 g/mol. The van der Waals surface area contributed by atoms with E-state index in [2.05, 4.69) is 38.8 Å². The minimum absolute atomic E-state index is 0.156. The fraction of sp³-hybridized carbons (Fsp3) is 0.529. The van der Waals surface area contributed by atoms with E-state index in [1.165, 1.54) is 11.3 Å². The van der Waals surface area contributed by atoms with Gasteiger partial charge in [0.05, 0.1) is 18.5 Å². The van der Waals surface area contributed by atoms with Gasteiger partial charge in [0.2, 0.25) is 0 Å². The number of carbonyl (C=O) groups excluding carboxylic acids is 1. The van der Waals surface area contributed by atoms with Crippen LogP contribution in [0.5, 0.6) is 0 Å². The van der Waals surface area contributed by atoms with Crippen molar-refractivity contribution in [3.8, 4) is 0 Å². The summed E-state index contributed by atoms with van der Waals surface area (Å²) in [5, 5.41) is 2.95. The molecule has 1 N–H and O–H groups in total. The molecule has 0 aliphatic carbocycles. The number of carbonyl (C=O) groups is 1. The minimum Gasteiger partial charge on any atom is -0.450 e. The van der Waals surface area contributed by atoms with Gasteiger partial charge >= 0.3 is 6.09 Å². The molecule has 0 radical (unpaired) electrons. The average molecular weight is 316 g/mol. The molecule has 1 atom stereocenters. The highest BCUT2D eigenvalue weighted by Gasteiger charge is 2.22. The predicted octanol–water partition coefficient (Wildman–Crippen LogP) is 2.35. The SMILES string of the molecule is CCOC(=O)N[C@H]1CCCN(Cc2cnc3ccc(C)cn23)C1. The second-order valence-electron chi connectivity index (χ2n) is 6.12. The van der Waals surface area contributed by atoms with Crippen LogP contribution in [0.4, 0.5) is 4.79 Å². The molecular formula is C17H24N4O2. The van der Waals surface area contributed by atoms with Gasteiger partial charge in [-0.3, -0.25) is 4.90 Å². The van der Waals surface area contributed by atoms with Crippen LogP contribution in [0.15, 0.2) is 24.5 Å². The van der Waals surface area contributed by atoms with Gasteiger partial charge in [-0.05, 0) is 44.9 Å². The van der Waals surface area contributed by atoms with Crippen LogP contribution in [0, 0.1) is 6.92 Å². The molecule has 1 aliphatic heterocycles. The van der Waals surface area contributed by atoms with Crippen LogP contribution in [0.1, 0.15) is 31.0 Å². The number of alkyl carbamates (subject to hydrolysis) is 1. The average Bonchev–Trinajstić information content (AvgIpc) is 2.90. The number of hydrogen-bond donors (Lipinski definition) is 1. The monoisotopic (exact) mass is 316 g/mol. The lowest BCUT2D eigenvalue weighted by Gasteiger charge is -2.32. The second kappa shape index (κ2) is 7.00. The number of aryl methyl sites for hydroxylation is 1. The summed E-state index contributed by atoms with van der Waals surface area (Å²) in [6.45, 7) is 7.04. The van der Waals surface area contributed by atoms with Crippen LogP contribution < -0.4 is 5.32 Å². The highest BCUT2D eigenvalue weighted by atomic mass is 16.5. The molecule has 1 aliphatic rings. The van der Waals surface area contributed by atoms with Crippen molar-refractivity contribution in [3.63, 3.8) is 0 Å². The van der Waals surface area contributed by atoms with Crippen molar-refractivity contribution in [2.45, 2.75) is 39.3 Å². The molecule has 1 fully saturated rings. The Bertz CT molecular complexity index is 682. The molecule has 2 aromatic heterocycles. The topological polar surface area (TPSA) is 58.9 Å². The third-order valence-electron chi connectivity index (χ3n) is 4.22. The zero-order valence-electron chi connectivity index (χ0n) is 13.8. The van der Waals surface area contributed by atoms with Crippen molar-refractivity contribution < 1.29 is 9.53 Å². The van der Waals surface area contributed by atoms with Crippen molar-refractivity contribution in [2.24, 2.45) is 0 Å². The molecule has 23 heavy (non-hydrogen) atoms. The molecule has 0 spiro atoms. The maximum Gasteiger partial charge on any atom is 0.407 e. The zero-order chi connectivity index (χ0) is 16.2. The Morgan fingerprint density at radius 3 is 3.17 bits per heavy atom. The normalized spacial score (nSPS) is 19.0. The number of pyridine rings is 1. The highest BCUT2D eigenvalue weighted by molar-refractivity contribution is 5.67. The number of rotatable bonds is 4. The molecule has 0 saturated carbocycles. The first-order valence-electron chi connectivity index (χ1n) is 8.24. The summed E-state index contributed by atoms with van der Waals surface area (Å²) < 4.78 is 7.12. The number of aromatic nitrogens is 2. The quantitative estimate of drug-likeness (QED) is 0.941. The van der Waals surface area contributed by atoms with Gasteiger partial charge in [-0.1, -0.05) is 6.07 Å². The molecule has 1 saturated heterocycles. The van der Waals surface area contributed by atoms with E-state index in [1.807, 2.05) is 19.2 Å². The van der Waals surface area contributed by atoms with E-state index >= 15 is 0 Å². The summed E-state index contributed by atoms with van der Waals surface area (Å²) in [5.74, 6) is 0. The number of nitrogens with one attached hydrogen (secondary N) is 1. The van der Waals surface area contributed by atoms with E-state index in [1.54, 1.807) is 0 Å². The Hall–Kier alpha value is -2.08. The van der Waals surface area contributed by atoms with Gasteiger partial charge in [-0.25, -0.2) is 9.78 Å². The predicted molar refractivity (Wildman–Crippen MR) is 88.4 cm³/mol. The van der Waals surface area contributed by atoms with Crippen LogP contribution >= 0.6 is 0 Å². The van der Waals surface area contributed by atoms with Crippen LogP contribution in [0.2, 0.25) is 0 Å². The third-order valence-corrected chi connectivity index (χ3v) is 4.22. The molecule has 0 unspecified atom stereocenters. The number of hydrogen-bond acceptors (Lipinski definition) is 4. The van der Waals surface area contributed by atoms with E-state index in [0.29, 0.717) is 6.61 Å². The van der Waals surface area contributed by atoms with E-state index in [-0.39, 0.29) is 12.1 Å². The lowest BCUT2D eigenvalue weighted by molar-refractivity contribution is 0.132. The highest BCUT2D eigenvalue weighted by Crippen LogP contribution is 2.16. The Labute approximate surface area is 136 Å². The molecule has 6 nitrogen and oxygen atoms in total. The van der Waals surface area contributed by atoms with Gasteiger partial charge in [0.25, 0.3) is 0 Å². The number of nitrogens with zero attached hydrogens (tertiary/aromatic N) is 3. The molecule has 0 bridgehead atoms. The number of piperidine rings is 1. The van der Waals surface area contributed by atoms with Crippen molar-refractivity contribution in [2.75, 3.05) is 19.7 Å². The van der Waals surface area contributed by atoms with Crippen LogP contribution in [0.3, 0.4) is 0 Å². The number of fused-ring (bicyclic) bond motifs is 1. The molecule has 1 amide bonds. The van der Waals surface area contributed by atoms with Crippen molar-refractivity contribution in [1.29, 1.82) is 0 Å². The first-order valence-corrected chi connectivity index (χ1v) is 8.24.